The fourth-order valence-electron chi connectivity index (χ4n) is 2.04. The van der Waals surface area contributed by atoms with E-state index in [4.69, 9.17) is 11.5 Å². The molecule has 1 fully saturated rings. The number of carbonyl (C=O) groups is 2. The normalized spacial score (nSPS) is 16.8. The van der Waals surface area contributed by atoms with Crippen molar-refractivity contribution in [3.05, 3.63) is 6.33 Å². The maximum atomic E-state index is 11.9. The van der Waals surface area contributed by atoms with Gasteiger partial charge in [-0.2, -0.15) is 0 Å². The third kappa shape index (κ3) is 2.76. The molecule has 2 rings (SSSR count). The Morgan fingerprint density at radius 1 is 1.39 bits per heavy atom. The van der Waals surface area contributed by atoms with Gasteiger partial charge in [0, 0.05) is 19.0 Å². The molecule has 0 unspecified atom stereocenters. The molecule has 1 aromatic heterocycles. The van der Waals surface area contributed by atoms with Crippen LogP contribution in [0.5, 0.6) is 0 Å². The molecule has 2 amide bonds. The highest BCUT2D eigenvalue weighted by molar-refractivity contribution is 5.78. The first-order valence-corrected chi connectivity index (χ1v) is 5.78. The van der Waals surface area contributed by atoms with Crippen LogP contribution in [0.3, 0.4) is 0 Å². The highest BCUT2D eigenvalue weighted by Gasteiger charge is 2.25. The quantitative estimate of drug-likeness (QED) is 0.684. The van der Waals surface area contributed by atoms with Gasteiger partial charge in [0.1, 0.15) is 12.9 Å². The summed E-state index contributed by atoms with van der Waals surface area (Å²) >= 11 is 0. The van der Waals surface area contributed by atoms with Crippen LogP contribution in [0.25, 0.3) is 0 Å². The summed E-state index contributed by atoms with van der Waals surface area (Å²) in [6.45, 7) is 1.22. The van der Waals surface area contributed by atoms with Crippen LogP contribution in [0.15, 0.2) is 6.33 Å². The summed E-state index contributed by atoms with van der Waals surface area (Å²) in [5.74, 6) is -0.305. The largest absolute Gasteiger partial charge is 0.369 e. The van der Waals surface area contributed by atoms with Gasteiger partial charge in [-0.1, -0.05) is 0 Å². The second-order valence-electron chi connectivity index (χ2n) is 4.36. The average Bonchev–Trinajstić information content (AvgIpc) is 2.75. The molecule has 1 aromatic rings. The van der Waals surface area contributed by atoms with Gasteiger partial charge < -0.3 is 16.4 Å². The molecule has 98 valence electrons. The van der Waals surface area contributed by atoms with Crippen molar-refractivity contribution in [2.45, 2.75) is 19.4 Å². The van der Waals surface area contributed by atoms with Crippen molar-refractivity contribution < 1.29 is 9.59 Å². The summed E-state index contributed by atoms with van der Waals surface area (Å²) in [7, 11) is 0. The Bertz CT molecular complexity index is 449. The number of primary amides is 1. The van der Waals surface area contributed by atoms with Gasteiger partial charge in [0.15, 0.2) is 0 Å². The molecule has 0 saturated carbocycles. The van der Waals surface area contributed by atoms with Crippen molar-refractivity contribution in [1.29, 1.82) is 0 Å². The van der Waals surface area contributed by atoms with E-state index < -0.39 is 0 Å². The first kappa shape index (κ1) is 12.3. The molecular formula is C10H16N6O2. The van der Waals surface area contributed by atoms with E-state index in [1.54, 1.807) is 4.90 Å². The minimum absolute atomic E-state index is 0.0529. The fraction of sp³-hybridized carbons (Fsp3) is 0.600. The molecule has 8 heteroatoms. The number of nitrogens with zero attached hydrogens (tertiary/aromatic N) is 4. The highest BCUT2D eigenvalue weighted by atomic mass is 16.2. The molecule has 1 aliphatic heterocycles. The van der Waals surface area contributed by atoms with Crippen LogP contribution in [0.2, 0.25) is 0 Å². The summed E-state index contributed by atoms with van der Waals surface area (Å²) < 4.78 is 1.40. The lowest BCUT2D eigenvalue weighted by atomic mass is 9.96. The lowest BCUT2D eigenvalue weighted by molar-refractivity contribution is -0.135. The Morgan fingerprint density at radius 3 is 2.56 bits per heavy atom. The fourth-order valence-corrected chi connectivity index (χ4v) is 2.04. The van der Waals surface area contributed by atoms with Crippen LogP contribution in [0.1, 0.15) is 12.8 Å². The Kier molecular flexibility index (Phi) is 3.45. The van der Waals surface area contributed by atoms with Crippen LogP contribution >= 0.6 is 0 Å². The Morgan fingerprint density at radius 2 is 2.06 bits per heavy atom. The van der Waals surface area contributed by atoms with Gasteiger partial charge in [-0.3, -0.25) is 9.59 Å². The molecule has 8 nitrogen and oxygen atoms in total. The topological polar surface area (TPSA) is 120 Å². The van der Waals surface area contributed by atoms with Crippen LogP contribution in [-0.2, 0) is 16.1 Å². The Balaban J connectivity index is 1.86. The number of anilines is 1. The smallest absolute Gasteiger partial charge is 0.244 e. The third-order valence-electron chi connectivity index (χ3n) is 3.10. The number of likely N-dealkylation sites (tertiary alicyclic amines) is 1. The molecule has 0 aliphatic carbocycles. The minimum Gasteiger partial charge on any atom is -0.369 e. The predicted molar refractivity (Wildman–Crippen MR) is 62.9 cm³/mol. The van der Waals surface area contributed by atoms with Crippen LogP contribution in [0, 0.1) is 5.92 Å². The van der Waals surface area contributed by atoms with E-state index in [0.29, 0.717) is 25.9 Å². The summed E-state index contributed by atoms with van der Waals surface area (Å²) in [6, 6.07) is 0. The van der Waals surface area contributed by atoms with Crippen LogP contribution in [-0.4, -0.2) is 44.6 Å². The molecule has 18 heavy (non-hydrogen) atoms. The van der Waals surface area contributed by atoms with Crippen molar-refractivity contribution in [3.8, 4) is 0 Å². The van der Waals surface area contributed by atoms with Crippen molar-refractivity contribution in [2.24, 2.45) is 11.7 Å². The van der Waals surface area contributed by atoms with Gasteiger partial charge in [-0.15, -0.1) is 5.10 Å². The number of nitrogens with two attached hydrogens (primary N) is 2. The van der Waals surface area contributed by atoms with Crippen molar-refractivity contribution in [2.75, 3.05) is 18.8 Å². The number of hydrogen-bond donors (Lipinski definition) is 2. The van der Waals surface area contributed by atoms with Crippen molar-refractivity contribution in [1.82, 2.24) is 19.7 Å². The van der Waals surface area contributed by atoms with E-state index in [9.17, 15) is 9.59 Å². The number of rotatable bonds is 3. The van der Waals surface area contributed by atoms with E-state index in [-0.39, 0.29) is 30.2 Å². The number of amides is 2. The van der Waals surface area contributed by atoms with Gasteiger partial charge in [0.2, 0.25) is 17.8 Å². The summed E-state index contributed by atoms with van der Waals surface area (Å²) in [6.07, 6.45) is 2.67. The van der Waals surface area contributed by atoms with E-state index >= 15 is 0 Å². The molecule has 0 radical (unpaired) electrons. The van der Waals surface area contributed by atoms with Gasteiger partial charge in [0.05, 0.1) is 0 Å². The second kappa shape index (κ2) is 5.03. The first-order valence-electron chi connectivity index (χ1n) is 5.78. The third-order valence-corrected chi connectivity index (χ3v) is 3.10. The van der Waals surface area contributed by atoms with E-state index in [1.165, 1.54) is 11.0 Å². The first-order chi connectivity index (χ1) is 8.56. The summed E-state index contributed by atoms with van der Waals surface area (Å²) in [4.78, 5) is 28.4. The zero-order chi connectivity index (χ0) is 13.1. The highest BCUT2D eigenvalue weighted by Crippen LogP contribution is 2.16. The average molecular weight is 252 g/mol. The van der Waals surface area contributed by atoms with E-state index in [2.05, 4.69) is 10.1 Å². The van der Waals surface area contributed by atoms with Gasteiger partial charge in [-0.25, -0.2) is 9.67 Å². The van der Waals surface area contributed by atoms with E-state index in [1.807, 2.05) is 0 Å². The number of piperidine rings is 1. The maximum absolute atomic E-state index is 11.9. The van der Waals surface area contributed by atoms with Crippen molar-refractivity contribution in [3.63, 3.8) is 0 Å². The minimum atomic E-state index is -0.286. The van der Waals surface area contributed by atoms with Crippen molar-refractivity contribution >= 4 is 17.8 Å². The molecule has 4 N–H and O–H groups in total. The van der Waals surface area contributed by atoms with Gasteiger partial charge in [-0.05, 0) is 12.8 Å². The van der Waals surface area contributed by atoms with E-state index in [0.717, 1.165) is 0 Å². The lowest BCUT2D eigenvalue weighted by Gasteiger charge is -2.30. The second-order valence-corrected chi connectivity index (χ2v) is 4.36. The summed E-state index contributed by atoms with van der Waals surface area (Å²) in [5, 5.41) is 3.85. The lowest BCUT2D eigenvalue weighted by Crippen LogP contribution is -2.43. The summed E-state index contributed by atoms with van der Waals surface area (Å²) in [5.41, 5.74) is 10.6. The van der Waals surface area contributed by atoms with Crippen LogP contribution < -0.4 is 11.5 Å². The SMILES string of the molecule is NC(=O)C1CCN(C(=O)Cn2cnc(N)n2)CC1. The number of hydrogen-bond acceptors (Lipinski definition) is 5. The molecule has 0 spiro atoms. The molecule has 0 bridgehead atoms. The Hall–Kier alpha value is -2.12. The standard InChI is InChI=1S/C10H16N6O2/c11-9(18)7-1-3-15(4-2-7)8(17)5-16-6-13-10(12)14-16/h6-7H,1-5H2,(H2,11,18)(H2,12,14). The molecule has 2 heterocycles. The number of carbonyl (C=O) groups excluding carboxylic acids is 2. The number of aromatic nitrogens is 3. The zero-order valence-electron chi connectivity index (χ0n) is 9.95. The van der Waals surface area contributed by atoms with Gasteiger partial charge in [0.25, 0.3) is 0 Å². The number of nitrogen functional groups attached to an aromatic ring is 1. The monoisotopic (exact) mass is 252 g/mol. The predicted octanol–water partition coefficient (Wildman–Crippen LogP) is -1.42. The molecule has 1 saturated heterocycles. The molecule has 0 aromatic carbocycles. The zero-order valence-corrected chi connectivity index (χ0v) is 9.95. The van der Waals surface area contributed by atoms with Gasteiger partial charge >= 0.3 is 0 Å². The Labute approximate surface area is 104 Å². The molecule has 0 atom stereocenters. The molecular weight excluding hydrogens is 236 g/mol. The maximum Gasteiger partial charge on any atom is 0.244 e. The van der Waals surface area contributed by atoms with Crippen LogP contribution in [0.4, 0.5) is 5.95 Å². The molecule has 1 aliphatic rings.